The lowest BCUT2D eigenvalue weighted by Crippen LogP contribution is -2.52. The lowest BCUT2D eigenvalue weighted by molar-refractivity contribution is -0.141. The van der Waals surface area contributed by atoms with Crippen LogP contribution in [0.1, 0.15) is 26.5 Å². The minimum Gasteiger partial charge on any atom is -0.363 e. The second kappa shape index (κ2) is 6.68. The summed E-state index contributed by atoms with van der Waals surface area (Å²) in [6, 6.07) is 0.933. The third-order valence-corrected chi connectivity index (χ3v) is 3.94. The van der Waals surface area contributed by atoms with Crippen LogP contribution in [0.15, 0.2) is 6.07 Å². The molecule has 25 heavy (non-hydrogen) atoms. The molecule has 9 heteroatoms. The summed E-state index contributed by atoms with van der Waals surface area (Å²) in [6.45, 7) is 7.22. The van der Waals surface area contributed by atoms with Gasteiger partial charge in [-0.3, -0.25) is 4.79 Å². The van der Waals surface area contributed by atoms with Crippen LogP contribution in [0.3, 0.4) is 0 Å². The van der Waals surface area contributed by atoms with Crippen molar-refractivity contribution in [3.63, 3.8) is 0 Å². The molecule has 1 saturated heterocycles. The summed E-state index contributed by atoms with van der Waals surface area (Å²) < 4.78 is 39.3. The van der Waals surface area contributed by atoms with Crippen LogP contribution in [-0.4, -0.2) is 61.0 Å². The van der Waals surface area contributed by atoms with E-state index in [9.17, 15) is 18.0 Å². The molecule has 1 fully saturated rings. The van der Waals surface area contributed by atoms with E-state index >= 15 is 0 Å². The molecule has 1 aromatic heterocycles. The zero-order chi connectivity index (χ0) is 19.0. The van der Waals surface area contributed by atoms with E-state index in [4.69, 9.17) is 0 Å². The van der Waals surface area contributed by atoms with E-state index in [1.165, 1.54) is 4.90 Å². The van der Waals surface area contributed by atoms with Gasteiger partial charge in [0.2, 0.25) is 11.9 Å². The fraction of sp³-hybridized carbons (Fsp3) is 0.688. The molecule has 0 spiro atoms. The Balaban J connectivity index is 2.20. The van der Waals surface area contributed by atoms with Crippen molar-refractivity contribution in [3.8, 4) is 0 Å². The number of rotatable bonds is 2. The number of carbonyl (C=O) groups excluding carboxylic acids is 1. The van der Waals surface area contributed by atoms with Crippen LogP contribution in [0.4, 0.5) is 24.9 Å². The predicted molar refractivity (Wildman–Crippen MR) is 89.6 cm³/mol. The molecule has 140 valence electrons. The Labute approximate surface area is 145 Å². The number of hydrogen-bond donors (Lipinski definition) is 0. The molecule has 1 aliphatic heterocycles. The van der Waals surface area contributed by atoms with Crippen molar-refractivity contribution >= 4 is 17.7 Å². The highest BCUT2D eigenvalue weighted by molar-refractivity contribution is 5.81. The summed E-state index contributed by atoms with van der Waals surface area (Å²) >= 11 is 0. The summed E-state index contributed by atoms with van der Waals surface area (Å²) in [5, 5.41) is 0. The average molecular weight is 359 g/mol. The third-order valence-electron chi connectivity index (χ3n) is 3.94. The maximum Gasteiger partial charge on any atom is 0.433 e. The first-order valence-electron chi connectivity index (χ1n) is 8.07. The average Bonchev–Trinajstić information content (AvgIpc) is 2.52. The van der Waals surface area contributed by atoms with Crippen LogP contribution in [0.25, 0.3) is 0 Å². The van der Waals surface area contributed by atoms with Gasteiger partial charge in [-0.05, 0) is 0 Å². The number of nitrogens with zero attached hydrogens (tertiary/aromatic N) is 5. The van der Waals surface area contributed by atoms with Crippen molar-refractivity contribution in [2.45, 2.75) is 26.9 Å². The number of anilines is 2. The first kappa shape index (κ1) is 19.3. The maximum absolute atomic E-state index is 13.1. The molecular weight excluding hydrogens is 335 g/mol. The second-order valence-corrected chi connectivity index (χ2v) is 7.33. The van der Waals surface area contributed by atoms with Crippen molar-refractivity contribution in [2.24, 2.45) is 5.41 Å². The van der Waals surface area contributed by atoms with E-state index in [-0.39, 0.29) is 17.7 Å². The maximum atomic E-state index is 13.1. The van der Waals surface area contributed by atoms with E-state index in [1.807, 2.05) is 20.8 Å². The van der Waals surface area contributed by atoms with Gasteiger partial charge in [-0.25, -0.2) is 4.98 Å². The van der Waals surface area contributed by atoms with Crippen molar-refractivity contribution in [1.29, 1.82) is 0 Å². The molecule has 0 atom stereocenters. The highest BCUT2D eigenvalue weighted by atomic mass is 19.4. The van der Waals surface area contributed by atoms with E-state index in [2.05, 4.69) is 9.97 Å². The van der Waals surface area contributed by atoms with Crippen molar-refractivity contribution in [1.82, 2.24) is 14.9 Å². The van der Waals surface area contributed by atoms with Crippen LogP contribution >= 0.6 is 0 Å². The first-order chi connectivity index (χ1) is 11.4. The van der Waals surface area contributed by atoms with Gasteiger partial charge in [0.15, 0.2) is 5.69 Å². The Bertz CT molecular complexity index is 632. The molecule has 0 unspecified atom stereocenters. The van der Waals surface area contributed by atoms with Crippen LogP contribution in [0, 0.1) is 5.41 Å². The van der Waals surface area contributed by atoms with Gasteiger partial charge in [-0.1, -0.05) is 20.8 Å². The van der Waals surface area contributed by atoms with Crippen LogP contribution < -0.4 is 9.80 Å². The summed E-state index contributed by atoms with van der Waals surface area (Å²) in [7, 11) is 3.26. The number of aromatic nitrogens is 2. The monoisotopic (exact) mass is 359 g/mol. The largest absolute Gasteiger partial charge is 0.433 e. The molecule has 2 heterocycles. The molecule has 0 bridgehead atoms. The smallest absolute Gasteiger partial charge is 0.363 e. The highest BCUT2D eigenvalue weighted by Crippen LogP contribution is 2.31. The highest BCUT2D eigenvalue weighted by Gasteiger charge is 2.35. The summed E-state index contributed by atoms with van der Waals surface area (Å²) in [4.78, 5) is 25.2. The molecule has 6 nitrogen and oxygen atoms in total. The predicted octanol–water partition coefficient (Wildman–Crippen LogP) is 2.26. The number of hydrogen-bond acceptors (Lipinski definition) is 5. The Hall–Kier alpha value is -2.06. The molecule has 0 aromatic carbocycles. The summed E-state index contributed by atoms with van der Waals surface area (Å²) in [5.74, 6) is 0.276. The fourth-order valence-corrected chi connectivity index (χ4v) is 2.52. The molecule has 0 aliphatic carbocycles. The van der Waals surface area contributed by atoms with Crippen LogP contribution in [0.5, 0.6) is 0 Å². The molecule has 0 saturated carbocycles. The van der Waals surface area contributed by atoms with Gasteiger partial charge in [0, 0.05) is 51.8 Å². The van der Waals surface area contributed by atoms with Gasteiger partial charge in [0.25, 0.3) is 0 Å². The van der Waals surface area contributed by atoms with Gasteiger partial charge < -0.3 is 14.7 Å². The molecule has 1 aliphatic rings. The fourth-order valence-electron chi connectivity index (χ4n) is 2.52. The number of alkyl halides is 3. The molecule has 0 radical (unpaired) electrons. The Morgan fingerprint density at radius 3 is 2.08 bits per heavy atom. The number of piperazine rings is 1. The SMILES string of the molecule is CN(C)c1cc(C(F)(F)F)nc(N2CCN(C(=O)C(C)(C)C)CC2)n1. The van der Waals surface area contributed by atoms with Crippen LogP contribution in [0.2, 0.25) is 0 Å². The first-order valence-corrected chi connectivity index (χ1v) is 8.07. The Morgan fingerprint density at radius 1 is 1.08 bits per heavy atom. The molecule has 2 rings (SSSR count). The van der Waals surface area contributed by atoms with E-state index < -0.39 is 17.3 Å². The minimum atomic E-state index is -4.54. The van der Waals surface area contributed by atoms with Gasteiger partial charge in [0.05, 0.1) is 0 Å². The van der Waals surface area contributed by atoms with Gasteiger partial charge in [0.1, 0.15) is 5.82 Å². The lowest BCUT2D eigenvalue weighted by atomic mass is 9.94. The van der Waals surface area contributed by atoms with Crippen molar-refractivity contribution in [3.05, 3.63) is 11.8 Å². The van der Waals surface area contributed by atoms with Crippen molar-refractivity contribution in [2.75, 3.05) is 50.1 Å². The summed E-state index contributed by atoms with van der Waals surface area (Å²) in [6.07, 6.45) is -4.54. The lowest BCUT2D eigenvalue weighted by Gasteiger charge is -2.37. The third kappa shape index (κ3) is 4.52. The van der Waals surface area contributed by atoms with Crippen molar-refractivity contribution < 1.29 is 18.0 Å². The zero-order valence-electron chi connectivity index (χ0n) is 15.2. The topological polar surface area (TPSA) is 52.6 Å². The number of carbonyl (C=O) groups is 1. The molecule has 1 aromatic rings. The number of amides is 1. The zero-order valence-corrected chi connectivity index (χ0v) is 15.2. The quantitative estimate of drug-likeness (QED) is 0.811. The van der Waals surface area contributed by atoms with Gasteiger partial charge in [-0.15, -0.1) is 0 Å². The number of halogens is 3. The van der Waals surface area contributed by atoms with Gasteiger partial charge in [-0.2, -0.15) is 18.2 Å². The summed E-state index contributed by atoms with van der Waals surface area (Å²) in [5.41, 5.74) is -1.44. The van der Waals surface area contributed by atoms with Crippen LogP contribution in [-0.2, 0) is 11.0 Å². The Morgan fingerprint density at radius 2 is 1.64 bits per heavy atom. The standard InChI is InChI=1S/C16H24F3N5O/c1-15(2,3)13(25)23-6-8-24(9-7-23)14-20-11(16(17,18)19)10-12(21-14)22(4)5/h10H,6-9H2,1-5H3. The Kier molecular flexibility index (Phi) is 5.15. The normalized spacial score (nSPS) is 16.2. The second-order valence-electron chi connectivity index (χ2n) is 7.33. The van der Waals surface area contributed by atoms with E-state index in [0.29, 0.717) is 26.2 Å². The van der Waals surface area contributed by atoms with E-state index in [0.717, 1.165) is 6.07 Å². The van der Waals surface area contributed by atoms with Gasteiger partial charge >= 0.3 is 6.18 Å². The molecular formula is C16H24F3N5O. The minimum absolute atomic E-state index is 0.0334. The molecule has 0 N–H and O–H groups in total. The van der Waals surface area contributed by atoms with E-state index in [1.54, 1.807) is 23.9 Å². The molecule has 1 amide bonds.